The molecule has 0 spiro atoms. The Morgan fingerprint density at radius 1 is 1.26 bits per heavy atom. The number of para-hydroxylation sites is 1. The molecule has 146 valence electrons. The van der Waals surface area contributed by atoms with Gasteiger partial charge in [-0.15, -0.1) is 0 Å². The van der Waals surface area contributed by atoms with Crippen LogP contribution in [0, 0.1) is 18.6 Å². The van der Waals surface area contributed by atoms with Crippen molar-refractivity contribution in [2.24, 2.45) is 0 Å². The molecule has 1 N–H and O–H groups in total. The van der Waals surface area contributed by atoms with E-state index in [1.165, 1.54) is 37.1 Å². The zero-order valence-corrected chi connectivity index (χ0v) is 17.7. The molecule has 7 heteroatoms. The van der Waals surface area contributed by atoms with Crippen LogP contribution in [0.2, 0.25) is 5.02 Å². The number of nitrogens with one attached hydrogen (secondary N) is 1. The number of likely N-dealkylation sites (N-methyl/N-ethyl adjacent to an activating group) is 1. The van der Waals surface area contributed by atoms with E-state index < -0.39 is 0 Å². The Balaban J connectivity index is 1.68. The highest BCUT2D eigenvalue weighted by atomic mass is 35.5. The molecule has 0 saturated heterocycles. The summed E-state index contributed by atoms with van der Waals surface area (Å²) in [7, 11) is 1.93. The van der Waals surface area contributed by atoms with E-state index in [1.54, 1.807) is 12.1 Å². The molecule has 0 atom stereocenters. The summed E-state index contributed by atoms with van der Waals surface area (Å²) in [4.78, 5) is 14.3. The summed E-state index contributed by atoms with van der Waals surface area (Å²) in [5, 5.41) is 3.40. The molecule has 0 bridgehead atoms. The van der Waals surface area contributed by atoms with Gasteiger partial charge in [0.1, 0.15) is 0 Å². The summed E-state index contributed by atoms with van der Waals surface area (Å²) in [5.74, 6) is -0.0956. The van der Waals surface area contributed by atoms with Gasteiger partial charge in [0, 0.05) is 17.4 Å². The van der Waals surface area contributed by atoms with Crippen molar-refractivity contribution in [2.75, 3.05) is 18.9 Å². The van der Waals surface area contributed by atoms with Crippen LogP contribution in [0.25, 0.3) is 0 Å². The number of anilines is 1. The van der Waals surface area contributed by atoms with Crippen LogP contribution in [-0.2, 0) is 11.5 Å². The zero-order valence-electron chi connectivity index (χ0n) is 16.2. The second-order valence-corrected chi connectivity index (χ2v) is 8.15. The summed E-state index contributed by atoms with van der Waals surface area (Å²) in [5.41, 5.74) is 3.04. The van der Waals surface area contributed by atoms with Crippen molar-refractivity contribution in [3.8, 4) is 0 Å². The van der Waals surface area contributed by atoms with Gasteiger partial charge in [0.25, 0.3) is 0 Å². The minimum Gasteiger partial charge on any atom is -0.324 e. The smallest absolute Gasteiger partial charge is 0.238 e. The number of aromatic nitrogens is 2. The number of hydrogen-bond donors (Lipinski definition) is 1. The lowest BCUT2D eigenvalue weighted by atomic mass is 10.2. The number of carbonyl (C=O) groups is 1. The molecule has 5 nitrogen and oxygen atoms in total. The molecule has 1 aromatic carbocycles. The third-order valence-electron chi connectivity index (χ3n) is 5.36. The molecule has 2 aromatic rings. The molecule has 0 aliphatic heterocycles. The van der Waals surface area contributed by atoms with Crippen LogP contribution < -0.4 is 5.32 Å². The van der Waals surface area contributed by atoms with E-state index in [2.05, 4.69) is 28.3 Å². The molecule has 1 saturated carbocycles. The Morgan fingerprint density at radius 2 is 1.93 bits per heavy atom. The lowest BCUT2D eigenvalue weighted by Gasteiger charge is -2.18. The second kappa shape index (κ2) is 8.59. The van der Waals surface area contributed by atoms with Gasteiger partial charge in [-0.1, -0.05) is 36.6 Å². The number of halogens is 1. The highest BCUT2D eigenvalue weighted by molar-refractivity contribution is 7.71. The zero-order chi connectivity index (χ0) is 19.6. The first kappa shape index (κ1) is 20.1. The molecular weight excluding hydrogens is 380 g/mol. The predicted octanol–water partition coefficient (Wildman–Crippen LogP) is 4.93. The summed E-state index contributed by atoms with van der Waals surface area (Å²) >= 11 is 11.9. The lowest BCUT2D eigenvalue weighted by molar-refractivity contribution is -0.117. The van der Waals surface area contributed by atoms with Crippen LogP contribution >= 0.6 is 23.8 Å². The van der Waals surface area contributed by atoms with Crippen LogP contribution in [0.5, 0.6) is 0 Å². The van der Waals surface area contributed by atoms with E-state index in [0.717, 1.165) is 4.77 Å². The van der Waals surface area contributed by atoms with Crippen molar-refractivity contribution in [3.05, 3.63) is 45.4 Å². The maximum absolute atomic E-state index is 12.4. The van der Waals surface area contributed by atoms with Gasteiger partial charge in [0.15, 0.2) is 4.77 Å². The Morgan fingerprint density at radius 3 is 2.59 bits per heavy atom. The van der Waals surface area contributed by atoms with Crippen LogP contribution in [0.1, 0.15) is 43.1 Å². The molecule has 0 unspecified atom stereocenters. The number of carbonyl (C=O) groups excluding carboxylic acids is 1. The Bertz CT molecular complexity index is 883. The van der Waals surface area contributed by atoms with Gasteiger partial charge in [-0.2, -0.15) is 0 Å². The molecule has 1 aliphatic carbocycles. The van der Waals surface area contributed by atoms with Crippen LogP contribution in [0.3, 0.4) is 0 Å². The van der Waals surface area contributed by atoms with Crippen molar-refractivity contribution in [3.63, 3.8) is 0 Å². The van der Waals surface area contributed by atoms with E-state index in [1.807, 2.05) is 24.1 Å². The van der Waals surface area contributed by atoms with Gasteiger partial charge < -0.3 is 14.5 Å². The average Bonchev–Trinajstić information content (AvgIpc) is 3.20. The maximum atomic E-state index is 12.4. The average molecular weight is 407 g/mol. The molecule has 0 radical (unpaired) electrons. The van der Waals surface area contributed by atoms with Gasteiger partial charge in [-0.25, -0.2) is 0 Å². The molecule has 1 amide bonds. The monoisotopic (exact) mass is 406 g/mol. The normalized spacial score (nSPS) is 14.9. The van der Waals surface area contributed by atoms with Crippen molar-refractivity contribution in [1.82, 2.24) is 14.0 Å². The minimum atomic E-state index is -0.0956. The number of imidazole rings is 1. The van der Waals surface area contributed by atoms with Crippen LogP contribution in [0.15, 0.2) is 24.3 Å². The highest BCUT2D eigenvalue weighted by Crippen LogP contribution is 2.32. The predicted molar refractivity (Wildman–Crippen MR) is 113 cm³/mol. The summed E-state index contributed by atoms with van der Waals surface area (Å²) in [6, 6.07) is 7.77. The van der Waals surface area contributed by atoms with Gasteiger partial charge in [0.05, 0.1) is 23.9 Å². The lowest BCUT2D eigenvalue weighted by Crippen LogP contribution is -2.32. The third-order valence-corrected chi connectivity index (χ3v) is 6.11. The van der Waals surface area contributed by atoms with Crippen LogP contribution in [0.4, 0.5) is 5.69 Å². The second-order valence-electron chi connectivity index (χ2n) is 7.37. The van der Waals surface area contributed by atoms with Gasteiger partial charge in [0.2, 0.25) is 5.91 Å². The first-order valence-electron chi connectivity index (χ1n) is 9.39. The van der Waals surface area contributed by atoms with Crippen molar-refractivity contribution >= 4 is 35.4 Å². The first-order valence-corrected chi connectivity index (χ1v) is 10.2. The van der Waals surface area contributed by atoms with Crippen molar-refractivity contribution in [1.29, 1.82) is 0 Å². The third kappa shape index (κ3) is 4.45. The summed E-state index contributed by atoms with van der Waals surface area (Å²) in [6.45, 7) is 5.10. The Kier molecular flexibility index (Phi) is 6.40. The number of hydrogen-bond acceptors (Lipinski definition) is 3. The van der Waals surface area contributed by atoms with Gasteiger partial charge >= 0.3 is 0 Å². The number of amides is 1. The molecular formula is C20H27ClN4OS. The largest absolute Gasteiger partial charge is 0.324 e. The Hall–Kier alpha value is -1.63. The molecule has 1 heterocycles. The van der Waals surface area contributed by atoms with E-state index in [0.29, 0.717) is 23.4 Å². The molecule has 1 fully saturated rings. The Labute approximate surface area is 170 Å². The first-order chi connectivity index (χ1) is 12.9. The minimum absolute atomic E-state index is 0.0956. The summed E-state index contributed by atoms with van der Waals surface area (Å²) in [6.07, 6.45) is 4.96. The van der Waals surface area contributed by atoms with E-state index in [9.17, 15) is 4.79 Å². The van der Waals surface area contributed by atoms with Gasteiger partial charge in [-0.3, -0.25) is 9.69 Å². The topological polar surface area (TPSA) is 42.2 Å². The molecule has 1 aliphatic rings. The highest BCUT2D eigenvalue weighted by Gasteiger charge is 2.22. The number of benzene rings is 1. The standard InChI is InChI=1S/C20H27ClN4OS/c1-14-15(2)25(16-8-4-5-9-16)20(27)24(14)13-23(3)12-19(26)22-18-11-7-6-10-17(18)21/h6-7,10-11,16H,4-5,8-9,12-13H2,1-3H3,(H,22,26). The molecule has 27 heavy (non-hydrogen) atoms. The number of nitrogens with zero attached hydrogens (tertiary/aromatic N) is 3. The molecule has 1 aromatic heterocycles. The van der Waals surface area contributed by atoms with Gasteiger partial charge in [-0.05, 0) is 58.1 Å². The maximum Gasteiger partial charge on any atom is 0.238 e. The fourth-order valence-corrected chi connectivity index (χ4v) is 4.50. The van der Waals surface area contributed by atoms with Crippen molar-refractivity contribution < 1.29 is 4.79 Å². The fourth-order valence-electron chi connectivity index (χ4n) is 3.83. The quantitative estimate of drug-likeness (QED) is 0.691. The fraction of sp³-hybridized carbons (Fsp3) is 0.500. The van der Waals surface area contributed by atoms with E-state index in [4.69, 9.17) is 23.8 Å². The molecule has 3 rings (SSSR count). The van der Waals surface area contributed by atoms with Crippen LogP contribution in [-0.4, -0.2) is 33.5 Å². The SMILES string of the molecule is Cc1c(C)n(C2CCCC2)c(=S)n1CN(C)CC(=O)Nc1ccccc1Cl. The number of rotatable bonds is 6. The van der Waals surface area contributed by atoms with E-state index >= 15 is 0 Å². The van der Waals surface area contributed by atoms with E-state index in [-0.39, 0.29) is 12.5 Å². The van der Waals surface area contributed by atoms with Crippen molar-refractivity contribution in [2.45, 2.75) is 52.2 Å². The summed E-state index contributed by atoms with van der Waals surface area (Å²) < 4.78 is 5.30.